The summed E-state index contributed by atoms with van der Waals surface area (Å²) in [6, 6.07) is 5.25. The molecule has 0 bridgehead atoms. The fourth-order valence-corrected chi connectivity index (χ4v) is 1.34. The van der Waals surface area contributed by atoms with E-state index in [1.54, 1.807) is 18.2 Å². The van der Waals surface area contributed by atoms with Gasteiger partial charge in [0, 0.05) is 10.7 Å². The molecule has 1 aromatic rings. The fourth-order valence-electron chi connectivity index (χ4n) is 1.15. The number of rotatable bonds is 5. The molecule has 6 heteroatoms. The van der Waals surface area contributed by atoms with Gasteiger partial charge >= 0.3 is 11.9 Å². The molecule has 1 atom stereocenters. The summed E-state index contributed by atoms with van der Waals surface area (Å²) in [5.74, 6) is -2.40. The molecule has 5 nitrogen and oxygen atoms in total. The first-order valence-electron chi connectivity index (χ1n) is 4.45. The minimum Gasteiger partial charge on any atom is -0.481 e. The van der Waals surface area contributed by atoms with Crippen LogP contribution in [0, 0.1) is 0 Å². The van der Waals surface area contributed by atoms with E-state index in [2.05, 4.69) is 5.32 Å². The lowest BCUT2D eigenvalue weighted by Gasteiger charge is -2.13. The van der Waals surface area contributed by atoms with Gasteiger partial charge in [0.1, 0.15) is 6.04 Å². The monoisotopic (exact) mass is 243 g/mol. The van der Waals surface area contributed by atoms with Gasteiger partial charge in [0.25, 0.3) is 0 Å². The van der Waals surface area contributed by atoms with Crippen molar-refractivity contribution in [2.75, 3.05) is 5.32 Å². The molecular weight excluding hydrogens is 234 g/mol. The van der Waals surface area contributed by atoms with Gasteiger partial charge in [0.05, 0.1) is 6.42 Å². The first-order valence-corrected chi connectivity index (χ1v) is 4.83. The highest BCUT2D eigenvalue weighted by Crippen LogP contribution is 2.16. The molecule has 0 heterocycles. The van der Waals surface area contributed by atoms with E-state index in [0.717, 1.165) is 0 Å². The third-order valence-corrected chi connectivity index (χ3v) is 2.08. The standard InChI is InChI=1S/C10H10ClNO4/c11-6-2-1-3-7(4-6)12-8(10(15)16)5-9(13)14/h1-4,8,12H,5H2,(H,13,14)(H,15,16). The van der Waals surface area contributed by atoms with E-state index in [0.29, 0.717) is 10.7 Å². The molecule has 0 aliphatic carbocycles. The van der Waals surface area contributed by atoms with Crippen molar-refractivity contribution in [2.45, 2.75) is 12.5 Å². The Bertz CT molecular complexity index is 408. The van der Waals surface area contributed by atoms with Gasteiger partial charge in [-0.25, -0.2) is 4.79 Å². The second kappa shape index (κ2) is 5.37. The Morgan fingerprint density at radius 2 is 2.06 bits per heavy atom. The predicted octanol–water partition coefficient (Wildman–Crippen LogP) is 1.68. The number of aliphatic carboxylic acids is 2. The summed E-state index contributed by atoms with van der Waals surface area (Å²) >= 11 is 5.71. The van der Waals surface area contributed by atoms with E-state index in [4.69, 9.17) is 21.8 Å². The Labute approximate surface area is 96.7 Å². The summed E-state index contributed by atoms with van der Waals surface area (Å²) in [5, 5.41) is 20.4. The van der Waals surface area contributed by atoms with E-state index >= 15 is 0 Å². The highest BCUT2D eigenvalue weighted by molar-refractivity contribution is 6.30. The molecule has 0 spiro atoms. The minimum atomic E-state index is -1.22. The molecule has 3 N–H and O–H groups in total. The number of nitrogens with one attached hydrogen (secondary N) is 1. The number of carboxylic acids is 2. The first kappa shape index (κ1) is 12.3. The van der Waals surface area contributed by atoms with Crippen molar-refractivity contribution >= 4 is 29.2 Å². The van der Waals surface area contributed by atoms with Gasteiger partial charge in [0.15, 0.2) is 0 Å². The summed E-state index contributed by atoms with van der Waals surface area (Å²) in [6.45, 7) is 0. The second-order valence-electron chi connectivity index (χ2n) is 3.14. The average molecular weight is 244 g/mol. The molecule has 0 saturated carbocycles. The highest BCUT2D eigenvalue weighted by atomic mass is 35.5. The Morgan fingerprint density at radius 3 is 2.56 bits per heavy atom. The molecule has 0 aliphatic heterocycles. The number of carboxylic acid groups (broad SMARTS) is 2. The van der Waals surface area contributed by atoms with Crippen LogP contribution in [0.3, 0.4) is 0 Å². The summed E-state index contributed by atoms with van der Waals surface area (Å²) < 4.78 is 0. The van der Waals surface area contributed by atoms with E-state index in [1.807, 2.05) is 0 Å². The third-order valence-electron chi connectivity index (χ3n) is 1.84. The number of hydrogen-bond acceptors (Lipinski definition) is 3. The zero-order chi connectivity index (χ0) is 12.1. The van der Waals surface area contributed by atoms with Crippen LogP contribution in [0.1, 0.15) is 6.42 Å². The van der Waals surface area contributed by atoms with Gasteiger partial charge in [-0.3, -0.25) is 4.79 Å². The smallest absolute Gasteiger partial charge is 0.326 e. The van der Waals surface area contributed by atoms with E-state index in [-0.39, 0.29) is 0 Å². The van der Waals surface area contributed by atoms with Gasteiger partial charge in [-0.1, -0.05) is 17.7 Å². The largest absolute Gasteiger partial charge is 0.481 e. The van der Waals surface area contributed by atoms with Crippen LogP contribution in [0.15, 0.2) is 24.3 Å². The van der Waals surface area contributed by atoms with Gasteiger partial charge < -0.3 is 15.5 Å². The summed E-state index contributed by atoms with van der Waals surface area (Å²) in [4.78, 5) is 21.2. The lowest BCUT2D eigenvalue weighted by molar-refractivity contribution is -0.144. The Kier molecular flexibility index (Phi) is 4.13. The summed E-state index contributed by atoms with van der Waals surface area (Å²) in [6.07, 6.45) is -0.498. The van der Waals surface area contributed by atoms with Crippen molar-refractivity contribution in [1.82, 2.24) is 0 Å². The lowest BCUT2D eigenvalue weighted by Crippen LogP contribution is -2.31. The molecule has 16 heavy (non-hydrogen) atoms. The summed E-state index contributed by atoms with van der Waals surface area (Å²) in [7, 11) is 0. The number of anilines is 1. The van der Waals surface area contributed by atoms with Crippen molar-refractivity contribution in [3.8, 4) is 0 Å². The average Bonchev–Trinajstić information content (AvgIpc) is 2.15. The van der Waals surface area contributed by atoms with Gasteiger partial charge in [0.2, 0.25) is 0 Å². The van der Waals surface area contributed by atoms with Gasteiger partial charge in [-0.2, -0.15) is 0 Å². The fraction of sp³-hybridized carbons (Fsp3) is 0.200. The summed E-state index contributed by atoms with van der Waals surface area (Å²) in [5.41, 5.74) is 0.473. The van der Waals surface area contributed by atoms with Crippen molar-refractivity contribution < 1.29 is 19.8 Å². The van der Waals surface area contributed by atoms with E-state index in [1.165, 1.54) is 6.07 Å². The van der Waals surface area contributed by atoms with Crippen LogP contribution >= 0.6 is 11.6 Å². The zero-order valence-corrected chi connectivity index (χ0v) is 8.94. The SMILES string of the molecule is O=C(O)CC(Nc1cccc(Cl)c1)C(=O)O. The predicted molar refractivity (Wildman–Crippen MR) is 58.8 cm³/mol. The molecule has 0 radical (unpaired) electrons. The number of carbonyl (C=O) groups is 2. The molecule has 1 unspecified atom stereocenters. The van der Waals surface area contributed by atoms with E-state index < -0.39 is 24.4 Å². The normalized spacial score (nSPS) is 11.8. The molecule has 0 saturated heterocycles. The van der Waals surface area contributed by atoms with Crippen LogP contribution in [-0.2, 0) is 9.59 Å². The number of halogens is 1. The molecule has 1 rings (SSSR count). The van der Waals surface area contributed by atoms with Gasteiger partial charge in [-0.05, 0) is 18.2 Å². The van der Waals surface area contributed by atoms with Crippen LogP contribution in [0.4, 0.5) is 5.69 Å². The maximum atomic E-state index is 10.8. The molecule has 1 aromatic carbocycles. The Balaban J connectivity index is 2.75. The van der Waals surface area contributed by atoms with Crippen molar-refractivity contribution in [1.29, 1.82) is 0 Å². The van der Waals surface area contributed by atoms with Crippen molar-refractivity contribution in [2.24, 2.45) is 0 Å². The van der Waals surface area contributed by atoms with Crippen LogP contribution in [-0.4, -0.2) is 28.2 Å². The second-order valence-corrected chi connectivity index (χ2v) is 3.58. The zero-order valence-electron chi connectivity index (χ0n) is 8.18. The maximum absolute atomic E-state index is 10.8. The van der Waals surface area contributed by atoms with Crippen LogP contribution < -0.4 is 5.32 Å². The van der Waals surface area contributed by atoms with Gasteiger partial charge in [-0.15, -0.1) is 0 Å². The van der Waals surface area contributed by atoms with Crippen LogP contribution in [0.5, 0.6) is 0 Å². The third kappa shape index (κ3) is 3.78. The molecular formula is C10H10ClNO4. The van der Waals surface area contributed by atoms with E-state index in [9.17, 15) is 9.59 Å². The minimum absolute atomic E-state index is 0.449. The van der Waals surface area contributed by atoms with Crippen LogP contribution in [0.25, 0.3) is 0 Å². The maximum Gasteiger partial charge on any atom is 0.326 e. The first-order chi connectivity index (χ1) is 7.49. The molecule has 0 aromatic heterocycles. The molecule has 0 fully saturated rings. The molecule has 0 aliphatic rings. The molecule has 86 valence electrons. The topological polar surface area (TPSA) is 86.6 Å². The Hall–Kier alpha value is -1.75. The number of benzene rings is 1. The van der Waals surface area contributed by atoms with Crippen molar-refractivity contribution in [3.05, 3.63) is 29.3 Å². The van der Waals surface area contributed by atoms with Crippen LogP contribution in [0.2, 0.25) is 5.02 Å². The molecule has 0 amide bonds. The number of hydrogen-bond donors (Lipinski definition) is 3. The highest BCUT2D eigenvalue weighted by Gasteiger charge is 2.20. The quantitative estimate of drug-likeness (QED) is 0.732. The van der Waals surface area contributed by atoms with Crippen molar-refractivity contribution in [3.63, 3.8) is 0 Å². The lowest BCUT2D eigenvalue weighted by atomic mass is 10.2. The Morgan fingerprint density at radius 1 is 1.38 bits per heavy atom.